The fourth-order valence-corrected chi connectivity index (χ4v) is 2.23. The van der Waals surface area contributed by atoms with E-state index in [1.807, 2.05) is 0 Å². The molecule has 0 fully saturated rings. The van der Waals surface area contributed by atoms with Crippen molar-refractivity contribution in [3.8, 4) is 0 Å². The maximum Gasteiger partial charge on any atom is 0.274 e. The minimum atomic E-state index is -1.01. The Balaban J connectivity index is 1.82. The highest BCUT2D eigenvalue weighted by Gasteiger charge is 2.12. The Morgan fingerprint density at radius 3 is 2.46 bits per heavy atom. The van der Waals surface area contributed by atoms with Crippen molar-refractivity contribution in [3.05, 3.63) is 77.5 Å². The molecule has 0 unspecified atom stereocenters. The maximum absolute atomic E-state index is 13.3. The predicted octanol–water partition coefficient (Wildman–Crippen LogP) is 4.20. The van der Waals surface area contributed by atoms with Gasteiger partial charge < -0.3 is 10.6 Å². The van der Waals surface area contributed by atoms with E-state index in [4.69, 9.17) is 0 Å². The number of carbonyl (C=O) groups is 1. The smallest absolute Gasteiger partial charge is 0.274 e. The van der Waals surface area contributed by atoms with E-state index in [2.05, 4.69) is 20.6 Å². The molecule has 1 aromatic heterocycles. The van der Waals surface area contributed by atoms with Gasteiger partial charge in [-0.2, -0.15) is 0 Å². The molecule has 0 saturated heterocycles. The molecule has 0 saturated carbocycles. The SMILES string of the molecule is Cc1nc(Nc2ccc(F)c(F)c2)cc(C(=O)Nc2cccc(F)c2)n1. The summed E-state index contributed by atoms with van der Waals surface area (Å²) in [5, 5.41) is 5.31. The van der Waals surface area contributed by atoms with Crippen LogP contribution in [-0.2, 0) is 0 Å². The molecular formula is C18H13F3N4O. The number of anilines is 3. The van der Waals surface area contributed by atoms with Gasteiger partial charge in [-0.15, -0.1) is 0 Å². The number of halogens is 3. The molecule has 2 aromatic carbocycles. The zero-order chi connectivity index (χ0) is 18.7. The highest BCUT2D eigenvalue weighted by Crippen LogP contribution is 2.19. The Kier molecular flexibility index (Phi) is 4.83. The topological polar surface area (TPSA) is 66.9 Å². The Morgan fingerprint density at radius 2 is 1.73 bits per heavy atom. The van der Waals surface area contributed by atoms with Crippen molar-refractivity contribution in [2.75, 3.05) is 10.6 Å². The number of aryl methyl sites for hydroxylation is 1. The van der Waals surface area contributed by atoms with Crippen molar-refractivity contribution in [2.24, 2.45) is 0 Å². The number of nitrogens with one attached hydrogen (secondary N) is 2. The number of benzene rings is 2. The molecule has 5 nitrogen and oxygen atoms in total. The van der Waals surface area contributed by atoms with E-state index in [1.54, 1.807) is 6.92 Å². The van der Waals surface area contributed by atoms with E-state index in [0.717, 1.165) is 12.1 Å². The number of nitrogens with zero attached hydrogens (tertiary/aromatic N) is 2. The molecule has 0 aliphatic heterocycles. The summed E-state index contributed by atoms with van der Waals surface area (Å²) in [7, 11) is 0. The first-order chi connectivity index (χ1) is 12.4. The molecule has 0 aliphatic carbocycles. The molecule has 0 radical (unpaired) electrons. The monoisotopic (exact) mass is 358 g/mol. The number of carbonyl (C=O) groups excluding carboxylic acids is 1. The van der Waals surface area contributed by atoms with Crippen molar-refractivity contribution >= 4 is 23.1 Å². The van der Waals surface area contributed by atoms with Crippen LogP contribution in [0.25, 0.3) is 0 Å². The van der Waals surface area contributed by atoms with Gasteiger partial charge in [-0.1, -0.05) is 6.07 Å². The normalized spacial score (nSPS) is 10.5. The van der Waals surface area contributed by atoms with Gasteiger partial charge in [0.15, 0.2) is 11.6 Å². The van der Waals surface area contributed by atoms with E-state index in [9.17, 15) is 18.0 Å². The third kappa shape index (κ3) is 4.15. The zero-order valence-corrected chi connectivity index (χ0v) is 13.6. The van der Waals surface area contributed by atoms with Crippen molar-refractivity contribution < 1.29 is 18.0 Å². The molecule has 3 aromatic rings. The first-order valence-electron chi connectivity index (χ1n) is 7.55. The van der Waals surface area contributed by atoms with Gasteiger partial charge in [0.2, 0.25) is 0 Å². The molecule has 0 spiro atoms. The summed E-state index contributed by atoms with van der Waals surface area (Å²) in [6, 6.07) is 10.1. The first kappa shape index (κ1) is 17.4. The van der Waals surface area contributed by atoms with E-state index in [1.165, 1.54) is 36.4 Å². The molecule has 132 valence electrons. The molecule has 26 heavy (non-hydrogen) atoms. The van der Waals surface area contributed by atoms with Crippen LogP contribution < -0.4 is 10.6 Å². The van der Waals surface area contributed by atoms with E-state index in [0.29, 0.717) is 5.82 Å². The molecule has 0 bridgehead atoms. The lowest BCUT2D eigenvalue weighted by Crippen LogP contribution is -2.15. The van der Waals surface area contributed by atoms with Crippen LogP contribution in [0.15, 0.2) is 48.5 Å². The van der Waals surface area contributed by atoms with Crippen molar-refractivity contribution in [1.29, 1.82) is 0 Å². The zero-order valence-electron chi connectivity index (χ0n) is 13.6. The van der Waals surface area contributed by atoms with Crippen molar-refractivity contribution in [2.45, 2.75) is 6.92 Å². The lowest BCUT2D eigenvalue weighted by molar-refractivity contribution is 0.102. The highest BCUT2D eigenvalue weighted by molar-refractivity contribution is 6.03. The number of hydrogen-bond acceptors (Lipinski definition) is 4. The molecule has 8 heteroatoms. The van der Waals surface area contributed by atoms with Gasteiger partial charge >= 0.3 is 0 Å². The summed E-state index contributed by atoms with van der Waals surface area (Å²) >= 11 is 0. The molecule has 3 rings (SSSR count). The Hall–Kier alpha value is -3.42. The molecule has 0 atom stereocenters. The summed E-state index contributed by atoms with van der Waals surface area (Å²) in [5.74, 6) is -2.50. The summed E-state index contributed by atoms with van der Waals surface area (Å²) < 4.78 is 39.5. The van der Waals surface area contributed by atoms with Gasteiger partial charge in [0.25, 0.3) is 5.91 Å². The van der Waals surface area contributed by atoms with Gasteiger partial charge in [-0.3, -0.25) is 4.79 Å². The average molecular weight is 358 g/mol. The predicted molar refractivity (Wildman–Crippen MR) is 90.8 cm³/mol. The summed E-state index contributed by atoms with van der Waals surface area (Å²) in [4.78, 5) is 20.5. The molecule has 1 heterocycles. The van der Waals surface area contributed by atoms with E-state index >= 15 is 0 Å². The third-order valence-corrected chi connectivity index (χ3v) is 3.35. The van der Waals surface area contributed by atoms with Crippen molar-refractivity contribution in [1.82, 2.24) is 9.97 Å². The van der Waals surface area contributed by atoms with Crippen LogP contribution in [0, 0.1) is 24.4 Å². The summed E-state index contributed by atoms with van der Waals surface area (Å²) in [5.41, 5.74) is 0.576. The third-order valence-electron chi connectivity index (χ3n) is 3.35. The van der Waals surface area contributed by atoms with Gasteiger partial charge in [0.1, 0.15) is 23.2 Å². The van der Waals surface area contributed by atoms with Crippen LogP contribution in [0.4, 0.5) is 30.4 Å². The van der Waals surface area contributed by atoms with Crippen LogP contribution in [0.2, 0.25) is 0 Å². The molecule has 1 amide bonds. The molecular weight excluding hydrogens is 345 g/mol. The maximum atomic E-state index is 13.3. The fraction of sp³-hybridized carbons (Fsp3) is 0.0556. The number of hydrogen-bond donors (Lipinski definition) is 2. The van der Waals surface area contributed by atoms with Crippen LogP contribution in [0.1, 0.15) is 16.3 Å². The second-order valence-corrected chi connectivity index (χ2v) is 5.40. The van der Waals surface area contributed by atoms with E-state index in [-0.39, 0.29) is 22.9 Å². The number of amides is 1. The second-order valence-electron chi connectivity index (χ2n) is 5.40. The van der Waals surface area contributed by atoms with Crippen LogP contribution in [0.5, 0.6) is 0 Å². The van der Waals surface area contributed by atoms with Crippen LogP contribution >= 0.6 is 0 Å². The Morgan fingerprint density at radius 1 is 0.923 bits per heavy atom. The second kappa shape index (κ2) is 7.22. The first-order valence-corrected chi connectivity index (χ1v) is 7.55. The highest BCUT2D eigenvalue weighted by atomic mass is 19.2. The van der Waals surface area contributed by atoms with Gasteiger partial charge in [0.05, 0.1) is 0 Å². The van der Waals surface area contributed by atoms with Gasteiger partial charge in [-0.25, -0.2) is 23.1 Å². The standard InChI is InChI=1S/C18H13F3N4O/c1-10-22-16(18(26)25-12-4-2-3-11(19)7-12)9-17(23-10)24-13-5-6-14(20)15(21)8-13/h2-9H,1H3,(H,25,26)(H,22,23,24). The summed E-state index contributed by atoms with van der Waals surface area (Å²) in [6.07, 6.45) is 0. The summed E-state index contributed by atoms with van der Waals surface area (Å²) in [6.45, 7) is 1.58. The average Bonchev–Trinajstić information content (AvgIpc) is 2.58. The van der Waals surface area contributed by atoms with Gasteiger partial charge in [0, 0.05) is 23.5 Å². The van der Waals surface area contributed by atoms with Crippen LogP contribution in [0.3, 0.4) is 0 Å². The van der Waals surface area contributed by atoms with Crippen molar-refractivity contribution in [3.63, 3.8) is 0 Å². The minimum absolute atomic E-state index is 0.0341. The quantitative estimate of drug-likeness (QED) is 0.734. The molecule has 0 aliphatic rings. The molecule has 2 N–H and O–H groups in total. The fourth-order valence-electron chi connectivity index (χ4n) is 2.23. The number of aromatic nitrogens is 2. The number of rotatable bonds is 4. The lowest BCUT2D eigenvalue weighted by atomic mass is 10.2. The van der Waals surface area contributed by atoms with Gasteiger partial charge in [-0.05, 0) is 37.3 Å². The largest absolute Gasteiger partial charge is 0.340 e. The Bertz CT molecular complexity index is 978. The lowest BCUT2D eigenvalue weighted by Gasteiger charge is -2.09. The van der Waals surface area contributed by atoms with Crippen LogP contribution in [-0.4, -0.2) is 15.9 Å². The Labute approximate surface area is 146 Å². The van der Waals surface area contributed by atoms with E-state index < -0.39 is 23.4 Å². The minimum Gasteiger partial charge on any atom is -0.340 e.